The van der Waals surface area contributed by atoms with Crippen LogP contribution in [0.25, 0.3) is 11.1 Å². The SMILES string of the molecule is O=C(O)c1cncnc1Cn1c(=O)oc2ccccc21. The fourth-order valence-electron chi connectivity index (χ4n) is 1.97. The summed E-state index contributed by atoms with van der Waals surface area (Å²) in [5, 5.41) is 9.09. The smallest absolute Gasteiger partial charge is 0.420 e. The van der Waals surface area contributed by atoms with Crippen molar-refractivity contribution in [1.82, 2.24) is 14.5 Å². The summed E-state index contributed by atoms with van der Waals surface area (Å²) in [7, 11) is 0. The lowest BCUT2D eigenvalue weighted by Gasteiger charge is -2.04. The molecule has 1 aromatic carbocycles. The molecule has 2 heterocycles. The van der Waals surface area contributed by atoms with E-state index in [0.717, 1.165) is 0 Å². The molecule has 0 atom stereocenters. The summed E-state index contributed by atoms with van der Waals surface area (Å²) >= 11 is 0. The molecule has 100 valence electrons. The zero-order valence-electron chi connectivity index (χ0n) is 10.2. The first-order valence-electron chi connectivity index (χ1n) is 5.77. The Balaban J connectivity index is 2.13. The molecule has 20 heavy (non-hydrogen) atoms. The number of hydrogen-bond acceptors (Lipinski definition) is 5. The molecule has 0 aliphatic rings. The summed E-state index contributed by atoms with van der Waals surface area (Å²) in [6.45, 7) is 0.0139. The highest BCUT2D eigenvalue weighted by Crippen LogP contribution is 2.14. The maximum absolute atomic E-state index is 11.8. The van der Waals surface area contributed by atoms with Gasteiger partial charge in [-0.25, -0.2) is 19.6 Å². The first kappa shape index (κ1) is 12.1. The first-order valence-corrected chi connectivity index (χ1v) is 5.77. The minimum Gasteiger partial charge on any atom is -0.478 e. The van der Waals surface area contributed by atoms with E-state index in [4.69, 9.17) is 9.52 Å². The van der Waals surface area contributed by atoms with Crippen molar-refractivity contribution in [1.29, 1.82) is 0 Å². The van der Waals surface area contributed by atoms with Gasteiger partial charge in [-0.3, -0.25) is 4.57 Å². The van der Waals surface area contributed by atoms with Crippen molar-refractivity contribution in [2.24, 2.45) is 0 Å². The van der Waals surface area contributed by atoms with Gasteiger partial charge < -0.3 is 9.52 Å². The van der Waals surface area contributed by atoms with Crippen LogP contribution in [-0.4, -0.2) is 25.6 Å². The topological polar surface area (TPSA) is 98.2 Å². The molecule has 0 aliphatic heterocycles. The largest absolute Gasteiger partial charge is 0.478 e. The fourth-order valence-corrected chi connectivity index (χ4v) is 1.97. The number of hydrogen-bond donors (Lipinski definition) is 1. The summed E-state index contributed by atoms with van der Waals surface area (Å²) in [4.78, 5) is 30.5. The third kappa shape index (κ3) is 1.95. The van der Waals surface area contributed by atoms with Crippen LogP contribution < -0.4 is 5.76 Å². The monoisotopic (exact) mass is 271 g/mol. The number of carbonyl (C=O) groups is 1. The van der Waals surface area contributed by atoms with E-state index in [0.29, 0.717) is 11.1 Å². The standard InChI is InChI=1S/C13H9N3O4/c17-12(18)8-5-14-7-15-9(8)6-16-10-3-1-2-4-11(10)20-13(16)19/h1-5,7H,6H2,(H,17,18). The van der Waals surface area contributed by atoms with Crippen molar-refractivity contribution in [3.63, 3.8) is 0 Å². The summed E-state index contributed by atoms with van der Waals surface area (Å²) in [5.74, 6) is -1.69. The van der Waals surface area contributed by atoms with E-state index < -0.39 is 11.7 Å². The number of oxazole rings is 1. The quantitative estimate of drug-likeness (QED) is 0.766. The lowest BCUT2D eigenvalue weighted by molar-refractivity contribution is 0.0694. The predicted molar refractivity (Wildman–Crippen MR) is 68.6 cm³/mol. The lowest BCUT2D eigenvalue weighted by atomic mass is 10.2. The van der Waals surface area contributed by atoms with Crippen molar-refractivity contribution in [2.75, 3.05) is 0 Å². The van der Waals surface area contributed by atoms with E-state index in [1.54, 1.807) is 24.3 Å². The number of aromatic carboxylic acids is 1. The molecule has 2 aromatic heterocycles. The van der Waals surface area contributed by atoms with E-state index in [2.05, 4.69) is 9.97 Å². The van der Waals surface area contributed by atoms with E-state index in [-0.39, 0.29) is 17.8 Å². The average molecular weight is 271 g/mol. The van der Waals surface area contributed by atoms with Gasteiger partial charge in [0.05, 0.1) is 17.8 Å². The molecule has 0 spiro atoms. The van der Waals surface area contributed by atoms with Gasteiger partial charge in [0.1, 0.15) is 11.9 Å². The zero-order chi connectivity index (χ0) is 14.1. The molecule has 0 amide bonds. The van der Waals surface area contributed by atoms with Crippen LogP contribution in [0.5, 0.6) is 0 Å². The molecule has 7 heteroatoms. The normalized spacial score (nSPS) is 10.8. The summed E-state index contributed by atoms with van der Waals surface area (Å²) < 4.78 is 6.43. The van der Waals surface area contributed by atoms with Gasteiger partial charge in [-0.2, -0.15) is 0 Å². The number of carboxylic acid groups (broad SMARTS) is 1. The Morgan fingerprint density at radius 1 is 1.35 bits per heavy atom. The van der Waals surface area contributed by atoms with Gasteiger partial charge in [0.2, 0.25) is 0 Å². The maximum atomic E-state index is 11.8. The third-order valence-corrected chi connectivity index (χ3v) is 2.91. The van der Waals surface area contributed by atoms with Gasteiger partial charge in [-0.1, -0.05) is 12.1 Å². The maximum Gasteiger partial charge on any atom is 0.420 e. The second-order valence-corrected chi connectivity index (χ2v) is 4.11. The van der Waals surface area contributed by atoms with Gasteiger partial charge in [-0.05, 0) is 12.1 Å². The average Bonchev–Trinajstić information content (AvgIpc) is 2.76. The molecule has 7 nitrogen and oxygen atoms in total. The molecule has 0 unspecified atom stereocenters. The van der Waals surface area contributed by atoms with Gasteiger partial charge in [-0.15, -0.1) is 0 Å². The summed E-state index contributed by atoms with van der Waals surface area (Å²) in [6.07, 6.45) is 2.45. The summed E-state index contributed by atoms with van der Waals surface area (Å²) in [6, 6.07) is 6.92. The second kappa shape index (κ2) is 4.61. The van der Waals surface area contributed by atoms with Crippen LogP contribution in [0.2, 0.25) is 0 Å². The van der Waals surface area contributed by atoms with Crippen LogP contribution in [-0.2, 0) is 6.54 Å². The first-order chi connectivity index (χ1) is 9.66. The van der Waals surface area contributed by atoms with E-state index in [1.165, 1.54) is 17.1 Å². The van der Waals surface area contributed by atoms with Gasteiger partial charge in [0.25, 0.3) is 0 Å². The molecule has 0 bridgehead atoms. The molecular formula is C13H9N3O4. The van der Waals surface area contributed by atoms with Crippen LogP contribution in [0.15, 0.2) is 46.0 Å². The number of benzene rings is 1. The van der Waals surface area contributed by atoms with Crippen molar-refractivity contribution < 1.29 is 14.3 Å². The molecule has 3 rings (SSSR count). The van der Waals surface area contributed by atoms with Crippen LogP contribution in [0, 0.1) is 0 Å². The number of nitrogens with zero attached hydrogens (tertiary/aromatic N) is 3. The number of carboxylic acids is 1. The molecule has 1 N–H and O–H groups in total. The molecule has 0 radical (unpaired) electrons. The van der Waals surface area contributed by atoms with Crippen molar-refractivity contribution in [2.45, 2.75) is 6.54 Å². The van der Waals surface area contributed by atoms with Gasteiger partial charge >= 0.3 is 11.7 Å². The molecule has 3 aromatic rings. The van der Waals surface area contributed by atoms with Crippen molar-refractivity contribution >= 4 is 17.1 Å². The number of para-hydroxylation sites is 2. The zero-order valence-corrected chi connectivity index (χ0v) is 10.2. The Morgan fingerprint density at radius 2 is 2.15 bits per heavy atom. The molecule has 0 fully saturated rings. The Labute approximate surface area is 112 Å². The minimum atomic E-state index is -1.14. The second-order valence-electron chi connectivity index (χ2n) is 4.11. The highest BCUT2D eigenvalue weighted by atomic mass is 16.4. The van der Waals surface area contributed by atoms with Crippen LogP contribution in [0.4, 0.5) is 0 Å². The van der Waals surface area contributed by atoms with E-state index in [9.17, 15) is 9.59 Å². The van der Waals surface area contributed by atoms with Crippen molar-refractivity contribution in [3.05, 3.63) is 58.6 Å². The van der Waals surface area contributed by atoms with E-state index in [1.807, 2.05) is 0 Å². The number of fused-ring (bicyclic) bond motifs is 1. The van der Waals surface area contributed by atoms with Crippen molar-refractivity contribution in [3.8, 4) is 0 Å². The highest BCUT2D eigenvalue weighted by molar-refractivity contribution is 5.88. The lowest BCUT2D eigenvalue weighted by Crippen LogP contribution is -2.18. The van der Waals surface area contributed by atoms with Crippen LogP contribution >= 0.6 is 0 Å². The number of rotatable bonds is 3. The predicted octanol–water partition coefficient (Wildman–Crippen LogP) is 1.13. The Morgan fingerprint density at radius 3 is 2.95 bits per heavy atom. The summed E-state index contributed by atoms with van der Waals surface area (Å²) in [5.41, 5.74) is 1.25. The highest BCUT2D eigenvalue weighted by Gasteiger charge is 2.15. The third-order valence-electron chi connectivity index (χ3n) is 2.91. The van der Waals surface area contributed by atoms with Crippen LogP contribution in [0.1, 0.15) is 16.1 Å². The Hall–Kier alpha value is -2.96. The van der Waals surface area contributed by atoms with Gasteiger partial charge in [0.15, 0.2) is 5.58 Å². The number of aromatic nitrogens is 3. The molecular weight excluding hydrogens is 262 g/mol. The Kier molecular flexibility index (Phi) is 2.79. The molecule has 0 aliphatic carbocycles. The fraction of sp³-hybridized carbons (Fsp3) is 0.0769. The molecule has 0 saturated heterocycles. The van der Waals surface area contributed by atoms with Gasteiger partial charge in [0, 0.05) is 6.20 Å². The molecule has 0 saturated carbocycles. The van der Waals surface area contributed by atoms with Crippen LogP contribution in [0.3, 0.4) is 0 Å². The Bertz CT molecular complexity index is 850. The van der Waals surface area contributed by atoms with E-state index >= 15 is 0 Å². The minimum absolute atomic E-state index is 0.0139.